The van der Waals surface area contributed by atoms with Crippen LogP contribution in [0.3, 0.4) is 0 Å². The number of rotatable bonds is 37. The highest BCUT2D eigenvalue weighted by Crippen LogP contribution is 2.14. The van der Waals surface area contributed by atoms with Gasteiger partial charge in [0.05, 0.1) is 32.2 Å². The third-order valence-electron chi connectivity index (χ3n) is 11.4. The number of nitrogens with zero attached hydrogens (tertiary/aromatic N) is 2. The highest BCUT2D eigenvalue weighted by Gasteiger charge is 2.35. The molecule has 0 saturated heterocycles. The third kappa shape index (κ3) is 25.9. The van der Waals surface area contributed by atoms with Crippen LogP contribution in [0.2, 0.25) is 0 Å². The Balaban J connectivity index is 3.39. The number of aliphatic hydroxyl groups is 2. The number of guanidine groups is 2. The molecule has 9 amide bonds. The van der Waals surface area contributed by atoms with Crippen LogP contribution in [0.5, 0.6) is 5.75 Å². The normalized spacial score (nSPS) is 14.4. The molecule has 26 N–H and O–H groups in total. The van der Waals surface area contributed by atoms with Crippen molar-refractivity contribution in [1.29, 1.82) is 0 Å². The smallest absolute Gasteiger partial charge is 0.326 e. The van der Waals surface area contributed by atoms with E-state index in [0.717, 1.165) is 0 Å². The first-order valence-electron chi connectivity index (χ1n) is 24.3. The molecule has 0 spiro atoms. The van der Waals surface area contributed by atoms with Crippen LogP contribution in [0.15, 0.2) is 34.3 Å². The van der Waals surface area contributed by atoms with Crippen molar-refractivity contribution in [2.75, 3.05) is 39.4 Å². The Morgan fingerprint density at radius 3 is 1.58 bits per heavy atom. The van der Waals surface area contributed by atoms with Crippen molar-refractivity contribution in [3.05, 3.63) is 29.8 Å². The third-order valence-corrected chi connectivity index (χ3v) is 11.4. The predicted molar refractivity (Wildman–Crippen MR) is 274 cm³/mol. The van der Waals surface area contributed by atoms with Gasteiger partial charge in [0.15, 0.2) is 11.9 Å². The minimum absolute atomic E-state index is 0.0240. The highest BCUT2D eigenvalue weighted by atomic mass is 16.4. The molecule has 0 fully saturated rings. The summed E-state index contributed by atoms with van der Waals surface area (Å²) < 4.78 is 0. The van der Waals surface area contributed by atoms with E-state index in [1.54, 1.807) is 13.8 Å². The molecule has 0 aliphatic heterocycles. The van der Waals surface area contributed by atoms with Gasteiger partial charge in [-0.05, 0) is 68.7 Å². The molecule has 0 aliphatic rings. The fourth-order valence-corrected chi connectivity index (χ4v) is 6.90. The van der Waals surface area contributed by atoms with E-state index in [0.29, 0.717) is 24.9 Å². The molecular formula is C45H77N17O14. The standard InChI is InChI=1S/C45H77N17O14/c1-3-23(2)35(42(74)61-31(21-63)40(72)57-28(43(75)76)10-7-17-54-45(51)52)62-41(73)32(22-64)60-39(71)29(18-24-11-13-25(65)14-12-24)59-38(70)27(9-6-16-53-44(49)50)56-34(67)20-55-37(69)30(19-33(48)66)58-36(68)26(47)8-4-5-15-46/h11-14,23,26-32,35,63-65H,3-10,15-22,46-47H2,1-2H3,(H2,48,66)(H,55,69)(H,56,67)(H,57,72)(H,58,68)(H,59,70)(H,60,71)(H,61,74)(H,62,73)(H,75,76)(H4,49,50,53)(H4,51,52,54)/t23-,26-,27-,28-,29-,30-,31-,32-,35-/m0/s1. The van der Waals surface area contributed by atoms with Crippen molar-refractivity contribution in [2.24, 2.45) is 56.0 Å². The molecule has 1 aromatic carbocycles. The van der Waals surface area contributed by atoms with Gasteiger partial charge in [-0.15, -0.1) is 0 Å². The SMILES string of the molecule is CC[C@H](C)[C@H](NC(=O)[C@H](CO)NC(=O)[C@H](Cc1ccc(O)cc1)NC(=O)[C@H](CCCN=C(N)N)NC(=O)CNC(=O)[C@H](CC(N)=O)NC(=O)[C@@H](N)CCCCN)C(=O)N[C@@H](CO)C(=O)N[C@@H](CCCN=C(N)N)C(=O)O. The van der Waals surface area contributed by atoms with Gasteiger partial charge in [-0.3, -0.25) is 53.1 Å². The zero-order valence-electron chi connectivity index (χ0n) is 42.6. The minimum atomic E-state index is -1.80. The molecule has 426 valence electrons. The number of aliphatic hydroxyl groups excluding tert-OH is 2. The number of phenols is 1. The molecule has 0 aliphatic carbocycles. The molecule has 1 rings (SSSR count). The summed E-state index contributed by atoms with van der Waals surface area (Å²) in [5.41, 5.74) is 38.5. The minimum Gasteiger partial charge on any atom is -0.508 e. The van der Waals surface area contributed by atoms with Crippen molar-refractivity contribution >= 4 is 71.1 Å². The van der Waals surface area contributed by atoms with E-state index in [-0.39, 0.29) is 75.7 Å². The Morgan fingerprint density at radius 1 is 0.579 bits per heavy atom. The number of nitrogens with two attached hydrogens (primary N) is 7. The number of aliphatic carboxylic acids is 1. The van der Waals surface area contributed by atoms with Crippen LogP contribution in [-0.2, 0) is 54.4 Å². The summed E-state index contributed by atoms with van der Waals surface area (Å²) >= 11 is 0. The van der Waals surface area contributed by atoms with E-state index in [1.807, 2.05) is 0 Å². The maximum absolute atomic E-state index is 14.1. The van der Waals surface area contributed by atoms with Gasteiger partial charge in [0.1, 0.15) is 48.0 Å². The summed E-state index contributed by atoms with van der Waals surface area (Å²) in [5.74, 6) is -11.7. The summed E-state index contributed by atoms with van der Waals surface area (Å²) in [5, 5.41) is 58.8. The Kier molecular flexibility index (Phi) is 30.7. The highest BCUT2D eigenvalue weighted by molar-refractivity contribution is 5.98. The molecular weight excluding hydrogens is 1000 g/mol. The van der Waals surface area contributed by atoms with Crippen molar-refractivity contribution in [1.82, 2.24) is 42.5 Å². The molecule has 0 saturated carbocycles. The molecule has 0 heterocycles. The van der Waals surface area contributed by atoms with Crippen molar-refractivity contribution in [3.8, 4) is 5.75 Å². The molecule has 0 unspecified atom stereocenters. The Labute approximate surface area is 438 Å². The van der Waals surface area contributed by atoms with Gasteiger partial charge in [0.2, 0.25) is 53.2 Å². The van der Waals surface area contributed by atoms with Gasteiger partial charge >= 0.3 is 5.97 Å². The van der Waals surface area contributed by atoms with Crippen LogP contribution < -0.4 is 82.7 Å². The maximum atomic E-state index is 14.1. The van der Waals surface area contributed by atoms with Crippen LogP contribution in [-0.4, -0.2) is 179 Å². The number of nitrogens with one attached hydrogen (secondary N) is 8. The van der Waals surface area contributed by atoms with E-state index < -0.39 is 140 Å². The number of carboxylic acids is 1. The molecule has 0 aromatic heterocycles. The van der Waals surface area contributed by atoms with E-state index >= 15 is 0 Å². The molecule has 0 bridgehead atoms. The summed E-state index contributed by atoms with van der Waals surface area (Å²) in [6.07, 6.45) is 0.519. The van der Waals surface area contributed by atoms with Crippen LogP contribution in [0.4, 0.5) is 0 Å². The number of primary amides is 1. The number of phenolic OH excluding ortho intramolecular Hbond substituents is 1. The average molecular weight is 1080 g/mol. The molecule has 0 radical (unpaired) electrons. The quantitative estimate of drug-likeness (QED) is 0.0167. The van der Waals surface area contributed by atoms with Crippen LogP contribution in [0, 0.1) is 5.92 Å². The second-order valence-electron chi connectivity index (χ2n) is 17.5. The topological polar surface area (TPSA) is 555 Å². The molecule has 31 nitrogen and oxygen atoms in total. The lowest BCUT2D eigenvalue weighted by molar-refractivity contribution is -0.143. The van der Waals surface area contributed by atoms with E-state index in [2.05, 4.69) is 52.5 Å². The monoisotopic (exact) mass is 1080 g/mol. The number of benzene rings is 1. The summed E-state index contributed by atoms with van der Waals surface area (Å²) in [6, 6.07) is -6.64. The summed E-state index contributed by atoms with van der Waals surface area (Å²) in [6.45, 7) is 0.753. The summed E-state index contributed by atoms with van der Waals surface area (Å²) in [7, 11) is 0. The van der Waals surface area contributed by atoms with Crippen LogP contribution in [0.25, 0.3) is 0 Å². The second-order valence-corrected chi connectivity index (χ2v) is 17.5. The number of aromatic hydroxyl groups is 1. The van der Waals surface area contributed by atoms with Crippen molar-refractivity contribution < 1.29 is 68.4 Å². The lowest BCUT2D eigenvalue weighted by Gasteiger charge is -2.28. The molecule has 1 aromatic rings. The van der Waals surface area contributed by atoms with E-state index in [9.17, 15) is 68.4 Å². The van der Waals surface area contributed by atoms with Crippen molar-refractivity contribution in [3.63, 3.8) is 0 Å². The van der Waals surface area contributed by atoms with Gasteiger partial charge < -0.3 is 103 Å². The number of unbranched alkanes of at least 4 members (excludes halogenated alkanes) is 1. The number of carbonyl (C=O) groups excluding carboxylic acids is 9. The average Bonchev–Trinajstić information content (AvgIpc) is 3.36. The number of amides is 9. The zero-order valence-corrected chi connectivity index (χ0v) is 42.6. The Hall–Kier alpha value is -7.90. The number of carboxylic acid groups (broad SMARTS) is 1. The number of hydrogen-bond acceptors (Lipinski definition) is 17. The van der Waals surface area contributed by atoms with E-state index in [1.165, 1.54) is 24.3 Å². The Morgan fingerprint density at radius 2 is 1.07 bits per heavy atom. The van der Waals surface area contributed by atoms with Crippen LogP contribution in [0.1, 0.15) is 77.2 Å². The number of aliphatic imine (C=N–C) groups is 2. The Bertz CT molecular complexity index is 2160. The van der Waals surface area contributed by atoms with E-state index in [4.69, 9.17) is 40.1 Å². The summed E-state index contributed by atoms with van der Waals surface area (Å²) in [4.78, 5) is 139. The predicted octanol–water partition coefficient (Wildman–Crippen LogP) is -8.00. The van der Waals surface area contributed by atoms with Gasteiger partial charge in [-0.25, -0.2) is 4.79 Å². The van der Waals surface area contributed by atoms with Crippen LogP contribution >= 0.6 is 0 Å². The van der Waals surface area contributed by atoms with Crippen molar-refractivity contribution in [2.45, 2.75) is 126 Å². The first-order valence-corrected chi connectivity index (χ1v) is 24.3. The van der Waals surface area contributed by atoms with Gasteiger partial charge in [0, 0.05) is 19.5 Å². The lowest BCUT2D eigenvalue weighted by atomic mass is 9.97. The van der Waals surface area contributed by atoms with Gasteiger partial charge in [0.25, 0.3) is 0 Å². The molecule has 9 atom stereocenters. The molecule has 31 heteroatoms. The number of hydrogen-bond donors (Lipinski definition) is 19. The fraction of sp³-hybridized carbons (Fsp3) is 0.600. The largest absolute Gasteiger partial charge is 0.508 e. The van der Waals surface area contributed by atoms with Gasteiger partial charge in [-0.2, -0.15) is 0 Å². The maximum Gasteiger partial charge on any atom is 0.326 e. The van der Waals surface area contributed by atoms with Gasteiger partial charge in [-0.1, -0.05) is 38.8 Å². The second kappa shape index (κ2) is 35.3. The first kappa shape index (κ1) is 66.1. The molecule has 76 heavy (non-hydrogen) atoms. The first-order chi connectivity index (χ1) is 35.9. The fourth-order valence-electron chi connectivity index (χ4n) is 6.90. The zero-order chi connectivity index (χ0) is 57.5. The lowest BCUT2D eigenvalue weighted by Crippen LogP contribution is -2.62. The number of carbonyl (C=O) groups is 10.